The summed E-state index contributed by atoms with van der Waals surface area (Å²) in [5.41, 5.74) is 12.0. The summed E-state index contributed by atoms with van der Waals surface area (Å²) in [4.78, 5) is 7.27. The summed E-state index contributed by atoms with van der Waals surface area (Å²) >= 11 is 0. The number of benzene rings is 9. The number of para-hydroxylation sites is 1. The molecule has 11 aromatic rings. The molecule has 0 atom stereocenters. The second kappa shape index (κ2) is 12.6. The third kappa shape index (κ3) is 5.34. The summed E-state index contributed by atoms with van der Waals surface area (Å²) in [6.07, 6.45) is 0. The topological polar surface area (TPSA) is 42.4 Å². The summed E-state index contributed by atoms with van der Waals surface area (Å²) < 4.78 is 12.9. The van der Waals surface area contributed by atoms with Crippen LogP contribution in [0.15, 0.2) is 203 Å². The highest BCUT2D eigenvalue weighted by molar-refractivity contribution is 6.18. The number of hydrogen-bond donors (Lipinski definition) is 0. The van der Waals surface area contributed by atoms with Crippen LogP contribution in [0.1, 0.15) is 0 Å². The van der Waals surface area contributed by atoms with Gasteiger partial charge in [0.25, 0.3) is 0 Å². The molecule has 0 fully saturated rings. The molecule has 0 radical (unpaired) electrons. The van der Waals surface area contributed by atoms with Gasteiger partial charge in [-0.15, -0.1) is 0 Å². The Kier molecular flexibility index (Phi) is 7.14. The fourth-order valence-electron chi connectivity index (χ4n) is 7.99. The van der Waals surface area contributed by atoms with Gasteiger partial charge in [-0.05, 0) is 111 Å². The molecule has 2 heterocycles. The fourth-order valence-corrected chi connectivity index (χ4v) is 7.99. The minimum absolute atomic E-state index is 0.619. The van der Waals surface area contributed by atoms with Crippen LogP contribution in [0.5, 0.6) is 0 Å². The standard InChI is InChI=1S/C51H32N2O2/c1-3-11-33(12-4-1)37-15-9-17-40(29-37)53(41-18-10-16-38(30-41)39-24-27-44-43-19-7-8-20-47(43)54-48(44)31-39)42-26-23-34-21-22-35-25-28-46-50(49(35)45(34)32-42)55-51(52-46)36-13-5-2-6-14-36/h1-32H. The lowest BCUT2D eigenvalue weighted by Gasteiger charge is -2.27. The third-order valence-electron chi connectivity index (χ3n) is 10.6. The van der Waals surface area contributed by atoms with Crippen LogP contribution in [-0.4, -0.2) is 4.98 Å². The summed E-state index contributed by atoms with van der Waals surface area (Å²) in [7, 11) is 0. The van der Waals surface area contributed by atoms with Crippen molar-refractivity contribution in [1.29, 1.82) is 0 Å². The van der Waals surface area contributed by atoms with Crippen LogP contribution in [0.3, 0.4) is 0 Å². The molecular weight excluding hydrogens is 673 g/mol. The van der Waals surface area contributed by atoms with Gasteiger partial charge in [-0.25, -0.2) is 4.98 Å². The number of fused-ring (bicyclic) bond motifs is 8. The van der Waals surface area contributed by atoms with E-state index in [4.69, 9.17) is 13.8 Å². The molecule has 55 heavy (non-hydrogen) atoms. The van der Waals surface area contributed by atoms with Crippen molar-refractivity contribution in [3.05, 3.63) is 194 Å². The maximum absolute atomic E-state index is 6.59. The zero-order valence-corrected chi connectivity index (χ0v) is 29.7. The van der Waals surface area contributed by atoms with Crippen LogP contribution < -0.4 is 4.90 Å². The van der Waals surface area contributed by atoms with E-state index in [1.54, 1.807) is 0 Å². The predicted molar refractivity (Wildman–Crippen MR) is 227 cm³/mol. The molecule has 4 nitrogen and oxygen atoms in total. The van der Waals surface area contributed by atoms with Crippen LogP contribution in [0, 0.1) is 0 Å². The lowest BCUT2D eigenvalue weighted by Crippen LogP contribution is -2.10. The SMILES string of the molecule is c1ccc(-c2cccc(N(c3cccc(-c4ccc5c(c4)oc4ccccc45)c3)c3ccc4ccc5ccc6nc(-c7ccccc7)oc6c5c4c3)c2)cc1. The molecule has 2 aromatic heterocycles. The van der Waals surface area contributed by atoms with Gasteiger partial charge in [0.1, 0.15) is 16.7 Å². The van der Waals surface area contributed by atoms with Crippen LogP contribution >= 0.6 is 0 Å². The second-order valence-corrected chi connectivity index (χ2v) is 14.0. The number of nitrogens with zero attached hydrogens (tertiary/aromatic N) is 2. The van der Waals surface area contributed by atoms with Crippen molar-refractivity contribution in [2.75, 3.05) is 4.90 Å². The molecule has 11 rings (SSSR count). The molecular formula is C51H32N2O2. The number of furan rings is 1. The van der Waals surface area contributed by atoms with Gasteiger partial charge in [-0.1, -0.05) is 121 Å². The third-order valence-corrected chi connectivity index (χ3v) is 10.6. The largest absolute Gasteiger partial charge is 0.456 e. The van der Waals surface area contributed by atoms with E-state index in [9.17, 15) is 0 Å². The van der Waals surface area contributed by atoms with E-state index in [1.807, 2.05) is 42.5 Å². The van der Waals surface area contributed by atoms with Crippen LogP contribution in [0.2, 0.25) is 0 Å². The van der Waals surface area contributed by atoms with Crippen molar-refractivity contribution < 1.29 is 8.83 Å². The molecule has 0 spiro atoms. The van der Waals surface area contributed by atoms with E-state index in [1.165, 1.54) is 5.56 Å². The number of anilines is 3. The Morgan fingerprint density at radius 2 is 0.964 bits per heavy atom. The first kappa shape index (κ1) is 31.1. The molecule has 4 heteroatoms. The lowest BCUT2D eigenvalue weighted by molar-refractivity contribution is 0.623. The van der Waals surface area contributed by atoms with E-state index in [-0.39, 0.29) is 0 Å². The molecule has 0 saturated heterocycles. The predicted octanol–water partition coefficient (Wildman–Crippen LogP) is 14.5. The quantitative estimate of drug-likeness (QED) is 0.162. The Hall–Kier alpha value is -7.43. The van der Waals surface area contributed by atoms with Crippen molar-refractivity contribution in [3.63, 3.8) is 0 Å². The molecule has 0 aliphatic heterocycles. The van der Waals surface area contributed by atoms with Crippen LogP contribution in [0.25, 0.3) is 88.3 Å². The highest BCUT2D eigenvalue weighted by Gasteiger charge is 2.19. The number of rotatable bonds is 6. The zero-order chi connectivity index (χ0) is 36.3. The van der Waals surface area contributed by atoms with E-state index in [0.29, 0.717) is 5.89 Å². The fraction of sp³-hybridized carbons (Fsp3) is 0. The van der Waals surface area contributed by atoms with Crippen molar-refractivity contribution in [2.24, 2.45) is 0 Å². The van der Waals surface area contributed by atoms with E-state index < -0.39 is 0 Å². The first-order chi connectivity index (χ1) is 27.2. The number of aromatic nitrogens is 1. The van der Waals surface area contributed by atoms with E-state index >= 15 is 0 Å². The molecule has 9 aromatic carbocycles. The molecule has 0 aliphatic rings. The maximum Gasteiger partial charge on any atom is 0.227 e. The van der Waals surface area contributed by atoms with Gasteiger partial charge >= 0.3 is 0 Å². The minimum Gasteiger partial charge on any atom is -0.456 e. The van der Waals surface area contributed by atoms with Gasteiger partial charge in [0.05, 0.1) is 0 Å². The summed E-state index contributed by atoms with van der Waals surface area (Å²) in [6, 6.07) is 68.2. The van der Waals surface area contributed by atoms with Crippen LogP contribution in [-0.2, 0) is 0 Å². The Morgan fingerprint density at radius 3 is 1.76 bits per heavy atom. The molecule has 0 bridgehead atoms. The zero-order valence-electron chi connectivity index (χ0n) is 29.7. The molecule has 0 aliphatic carbocycles. The number of oxazole rings is 1. The number of hydrogen-bond acceptors (Lipinski definition) is 4. The molecule has 0 amide bonds. The second-order valence-electron chi connectivity index (χ2n) is 14.0. The molecule has 0 N–H and O–H groups in total. The van der Waals surface area contributed by atoms with Gasteiger partial charge in [0, 0.05) is 38.8 Å². The summed E-state index contributed by atoms with van der Waals surface area (Å²) in [5.74, 6) is 0.619. The average Bonchev–Trinajstić information content (AvgIpc) is 3.86. The Bertz CT molecular complexity index is 3220. The monoisotopic (exact) mass is 704 g/mol. The van der Waals surface area contributed by atoms with Crippen molar-refractivity contribution in [1.82, 2.24) is 4.98 Å². The minimum atomic E-state index is 0.619. The maximum atomic E-state index is 6.59. The Balaban J connectivity index is 1.10. The van der Waals surface area contributed by atoms with E-state index in [2.05, 4.69) is 157 Å². The highest BCUT2D eigenvalue weighted by atomic mass is 16.3. The lowest BCUT2D eigenvalue weighted by atomic mass is 9.99. The molecule has 0 saturated carbocycles. The first-order valence-corrected chi connectivity index (χ1v) is 18.5. The summed E-state index contributed by atoms with van der Waals surface area (Å²) in [6.45, 7) is 0. The Labute approximate surface area is 317 Å². The molecule has 258 valence electrons. The Morgan fingerprint density at radius 1 is 0.364 bits per heavy atom. The molecule has 0 unspecified atom stereocenters. The first-order valence-electron chi connectivity index (χ1n) is 18.5. The smallest absolute Gasteiger partial charge is 0.227 e. The van der Waals surface area contributed by atoms with Gasteiger partial charge in [-0.3, -0.25) is 0 Å². The van der Waals surface area contributed by atoms with Crippen molar-refractivity contribution in [3.8, 4) is 33.7 Å². The normalized spacial score (nSPS) is 11.6. The highest BCUT2D eigenvalue weighted by Crippen LogP contribution is 2.42. The van der Waals surface area contributed by atoms with Crippen LogP contribution in [0.4, 0.5) is 17.1 Å². The summed E-state index contributed by atoms with van der Waals surface area (Å²) in [5, 5.41) is 6.64. The van der Waals surface area contributed by atoms with Gasteiger partial charge in [0.15, 0.2) is 5.58 Å². The van der Waals surface area contributed by atoms with Gasteiger partial charge in [0.2, 0.25) is 5.89 Å². The van der Waals surface area contributed by atoms with Gasteiger partial charge < -0.3 is 13.7 Å². The van der Waals surface area contributed by atoms with Crippen molar-refractivity contribution >= 4 is 71.6 Å². The van der Waals surface area contributed by atoms with Gasteiger partial charge in [-0.2, -0.15) is 0 Å². The van der Waals surface area contributed by atoms with E-state index in [0.717, 1.165) is 93.9 Å². The average molecular weight is 705 g/mol. The van der Waals surface area contributed by atoms with Crippen molar-refractivity contribution in [2.45, 2.75) is 0 Å².